The lowest BCUT2D eigenvalue weighted by molar-refractivity contribution is -0.137. The predicted molar refractivity (Wildman–Crippen MR) is 178 cm³/mol. The smallest absolute Gasteiger partial charge is 0.245 e. The van der Waals surface area contributed by atoms with Crippen LogP contribution in [0.3, 0.4) is 0 Å². The van der Waals surface area contributed by atoms with Crippen molar-refractivity contribution < 1.29 is 39.5 Å². The maximum Gasteiger partial charge on any atom is 0.419 e. The first kappa shape index (κ1) is 35.4. The van der Waals surface area contributed by atoms with Crippen molar-refractivity contribution in [2.75, 3.05) is 0 Å². The van der Waals surface area contributed by atoms with Crippen LogP contribution in [0.4, 0.5) is 51.1 Å². The molecule has 0 saturated heterocycles. The lowest BCUT2D eigenvalue weighted by Crippen LogP contribution is -2.17. The molecule has 0 aliphatic heterocycles. The summed E-state index contributed by atoms with van der Waals surface area (Å²) in [6.45, 7) is 4.71. The number of hydrogen-bond acceptors (Lipinski definition) is 6. The van der Waals surface area contributed by atoms with Gasteiger partial charge in [0.1, 0.15) is 10.7 Å². The number of aryl methyl sites for hydroxylation is 3. The van der Waals surface area contributed by atoms with Crippen molar-refractivity contribution in [3.05, 3.63) is 129 Å². The Morgan fingerprint density at radius 2 is 0.906 bits per heavy atom. The van der Waals surface area contributed by atoms with E-state index in [1.807, 2.05) is 0 Å². The van der Waals surface area contributed by atoms with Crippen LogP contribution >= 0.6 is 0 Å². The summed E-state index contributed by atoms with van der Waals surface area (Å²) in [6, 6.07) is 16.0. The average molecular weight is 735 g/mol. The zero-order chi connectivity index (χ0) is 38.0. The summed E-state index contributed by atoms with van der Waals surface area (Å²) < 4.78 is 135. The SMILES string of the molecule is Cc1cc(C)cc(-c2nc3c(C(F)(F)F)c4c(=Nc5ccccn5)c(-c5cc(C)cc(C(F)(F)F)c5)nc4c(C(F)(F)F)c3c2=Nc2ccccn2)c1. The Bertz CT molecular complexity index is 2620. The first-order valence-corrected chi connectivity index (χ1v) is 15.7. The van der Waals surface area contributed by atoms with Crippen LogP contribution in [0.25, 0.3) is 44.3 Å². The number of halogens is 9. The van der Waals surface area contributed by atoms with Gasteiger partial charge in [0.25, 0.3) is 0 Å². The summed E-state index contributed by atoms with van der Waals surface area (Å²) in [7, 11) is 0. The quantitative estimate of drug-likeness (QED) is 0.169. The monoisotopic (exact) mass is 734 g/mol. The highest BCUT2D eigenvalue weighted by molar-refractivity contribution is 6.07. The number of fused-ring (bicyclic) bond motifs is 2. The third kappa shape index (κ3) is 6.62. The Kier molecular flexibility index (Phi) is 8.42. The highest BCUT2D eigenvalue weighted by Gasteiger charge is 2.45. The van der Waals surface area contributed by atoms with Crippen molar-refractivity contribution in [3.63, 3.8) is 0 Å². The second kappa shape index (κ2) is 12.6. The molecular weight excluding hydrogens is 711 g/mol. The van der Waals surface area contributed by atoms with Crippen molar-refractivity contribution in [2.24, 2.45) is 9.98 Å². The van der Waals surface area contributed by atoms with Gasteiger partial charge in [0, 0.05) is 34.3 Å². The number of alkyl halides is 9. The molecule has 0 bridgehead atoms. The molecule has 0 spiro atoms. The van der Waals surface area contributed by atoms with Crippen LogP contribution < -0.4 is 10.7 Å². The van der Waals surface area contributed by atoms with Gasteiger partial charge in [-0.3, -0.25) is 0 Å². The van der Waals surface area contributed by atoms with Gasteiger partial charge in [0.2, 0.25) is 0 Å². The Labute approximate surface area is 293 Å². The molecule has 6 nitrogen and oxygen atoms in total. The molecule has 4 aromatic heterocycles. The fourth-order valence-electron chi connectivity index (χ4n) is 6.41. The number of rotatable bonds is 4. The summed E-state index contributed by atoms with van der Waals surface area (Å²) in [4.78, 5) is 25.0. The lowest BCUT2D eigenvalue weighted by Gasteiger charge is -2.14. The molecular formula is C38H23F9N6. The summed E-state index contributed by atoms with van der Waals surface area (Å²) in [5, 5.41) is -3.44. The second-order valence-corrected chi connectivity index (χ2v) is 12.4. The van der Waals surface area contributed by atoms with Crippen LogP contribution in [0.15, 0.2) is 95.2 Å². The molecule has 0 aliphatic carbocycles. The number of hydrogen-bond donors (Lipinski definition) is 0. The number of aromatic nitrogens is 4. The Balaban J connectivity index is 1.78. The van der Waals surface area contributed by atoms with Crippen LogP contribution in [0, 0.1) is 20.8 Å². The third-order valence-corrected chi connectivity index (χ3v) is 8.31. The molecule has 0 amide bonds. The van der Waals surface area contributed by atoms with Gasteiger partial charge in [-0.25, -0.2) is 29.9 Å². The van der Waals surface area contributed by atoms with E-state index in [0.29, 0.717) is 17.2 Å². The van der Waals surface area contributed by atoms with Crippen LogP contribution in [0.5, 0.6) is 0 Å². The van der Waals surface area contributed by atoms with Gasteiger partial charge >= 0.3 is 18.5 Å². The predicted octanol–water partition coefficient (Wildman–Crippen LogP) is 10.2. The molecule has 53 heavy (non-hydrogen) atoms. The molecule has 0 unspecified atom stereocenters. The molecule has 0 aliphatic rings. The van der Waals surface area contributed by atoms with Crippen molar-refractivity contribution >= 4 is 33.4 Å². The van der Waals surface area contributed by atoms with E-state index in [1.165, 1.54) is 61.8 Å². The summed E-state index contributed by atoms with van der Waals surface area (Å²) in [5.74, 6) is -0.346. The summed E-state index contributed by atoms with van der Waals surface area (Å²) >= 11 is 0. The van der Waals surface area contributed by atoms with Crippen molar-refractivity contribution in [2.45, 2.75) is 39.3 Å². The Morgan fingerprint density at radius 1 is 0.491 bits per heavy atom. The largest absolute Gasteiger partial charge is 0.419 e. The zero-order valence-electron chi connectivity index (χ0n) is 27.7. The number of benzene rings is 3. The molecule has 0 saturated carbocycles. The summed E-state index contributed by atoms with van der Waals surface area (Å²) in [5.41, 5.74) is -6.56. The number of pyridine rings is 2. The van der Waals surface area contributed by atoms with E-state index in [2.05, 4.69) is 29.9 Å². The molecule has 0 radical (unpaired) electrons. The van der Waals surface area contributed by atoms with E-state index in [9.17, 15) is 13.2 Å². The Hall–Kier alpha value is -5.99. The minimum absolute atomic E-state index is 0.0210. The molecule has 0 fully saturated rings. The minimum atomic E-state index is -5.39. The normalized spacial score (nSPS) is 13.5. The van der Waals surface area contributed by atoms with Crippen molar-refractivity contribution in [3.8, 4) is 22.5 Å². The summed E-state index contributed by atoms with van der Waals surface area (Å²) in [6.07, 6.45) is -13.1. The standard InChI is InChI=1S/C38H23F9N6/c1-18-12-19(2)14-21(13-18)30-34(50-24-8-4-6-10-48-24)26-28(37(42,43)44)33-27(29(32(26)52-30)38(45,46)47)35(51-25-9-5-7-11-49-25)31(53-33)22-15-20(3)16-23(17-22)36(39,40)41/h4-17H,1-3H3. The molecule has 4 heterocycles. The van der Waals surface area contributed by atoms with Gasteiger partial charge in [-0.2, -0.15) is 39.5 Å². The maximum atomic E-state index is 15.6. The Morgan fingerprint density at radius 3 is 1.28 bits per heavy atom. The molecule has 3 aromatic carbocycles. The van der Waals surface area contributed by atoms with Crippen molar-refractivity contribution in [1.82, 2.24) is 19.9 Å². The fraction of sp³-hybridized carbons (Fsp3) is 0.158. The topological polar surface area (TPSA) is 76.3 Å². The highest BCUT2D eigenvalue weighted by Crippen LogP contribution is 2.47. The average Bonchev–Trinajstić information content (AvgIpc) is 3.60. The molecule has 268 valence electrons. The van der Waals surface area contributed by atoms with Gasteiger partial charge in [0.15, 0.2) is 11.6 Å². The second-order valence-electron chi connectivity index (χ2n) is 12.4. The fourth-order valence-corrected chi connectivity index (χ4v) is 6.41. The molecule has 0 atom stereocenters. The molecule has 7 aromatic rings. The van der Waals surface area contributed by atoms with Gasteiger partial charge < -0.3 is 0 Å². The third-order valence-electron chi connectivity index (χ3n) is 8.31. The minimum Gasteiger partial charge on any atom is -0.245 e. The van der Waals surface area contributed by atoms with Gasteiger partial charge in [-0.1, -0.05) is 29.3 Å². The van der Waals surface area contributed by atoms with E-state index in [0.717, 1.165) is 6.07 Å². The molecule has 15 heteroatoms. The first-order valence-electron chi connectivity index (χ1n) is 15.7. The van der Waals surface area contributed by atoms with Crippen LogP contribution in [0.2, 0.25) is 0 Å². The van der Waals surface area contributed by atoms with Crippen LogP contribution in [-0.2, 0) is 18.5 Å². The van der Waals surface area contributed by atoms with E-state index in [4.69, 9.17) is 0 Å². The van der Waals surface area contributed by atoms with E-state index >= 15 is 26.3 Å². The van der Waals surface area contributed by atoms with Gasteiger partial charge in [0.05, 0.1) is 39.1 Å². The zero-order valence-corrected chi connectivity index (χ0v) is 27.7. The molecule has 7 rings (SSSR count). The van der Waals surface area contributed by atoms with Gasteiger partial charge in [-0.05, 0) is 80.9 Å². The van der Waals surface area contributed by atoms with Crippen LogP contribution in [0.1, 0.15) is 33.4 Å². The van der Waals surface area contributed by atoms with Crippen LogP contribution in [-0.4, -0.2) is 19.9 Å². The lowest BCUT2D eigenvalue weighted by atomic mass is 9.97. The van der Waals surface area contributed by atoms with Crippen molar-refractivity contribution in [1.29, 1.82) is 0 Å². The number of nitrogens with zero attached hydrogens (tertiary/aromatic N) is 6. The van der Waals surface area contributed by atoms with E-state index in [-0.39, 0.29) is 28.5 Å². The molecule has 0 N–H and O–H groups in total. The van der Waals surface area contributed by atoms with E-state index < -0.39 is 79.0 Å². The highest BCUT2D eigenvalue weighted by atomic mass is 19.4. The van der Waals surface area contributed by atoms with Gasteiger partial charge in [-0.15, -0.1) is 0 Å². The maximum absolute atomic E-state index is 15.6. The first-order chi connectivity index (χ1) is 24.9. The van der Waals surface area contributed by atoms with E-state index in [1.54, 1.807) is 32.0 Å².